The fraction of sp³-hybridized carbons (Fsp3) is 0.652. The van der Waals surface area contributed by atoms with E-state index in [1.165, 1.54) is 10.4 Å². The summed E-state index contributed by atoms with van der Waals surface area (Å²) in [4.78, 5) is 29.2. The number of sulfonamides is 1. The Bertz CT molecular complexity index is 905. The lowest BCUT2D eigenvalue weighted by atomic mass is 10.1. The van der Waals surface area contributed by atoms with Crippen molar-refractivity contribution in [1.82, 2.24) is 19.4 Å². The second-order valence-electron chi connectivity index (χ2n) is 8.71. The summed E-state index contributed by atoms with van der Waals surface area (Å²) in [6, 6.07) is 4.86. The number of piperazine rings is 1. The Morgan fingerprint density at radius 3 is 2.34 bits per heavy atom. The summed E-state index contributed by atoms with van der Waals surface area (Å²) in [5, 5.41) is 2.92. The molecule has 2 amide bonds. The smallest absolute Gasteiger partial charge is 0.254 e. The van der Waals surface area contributed by atoms with Gasteiger partial charge < -0.3 is 10.2 Å². The van der Waals surface area contributed by atoms with Crippen LogP contribution in [0.15, 0.2) is 23.1 Å². The van der Waals surface area contributed by atoms with E-state index in [0.717, 1.165) is 37.7 Å². The number of aryl methyl sites for hydroxylation is 1. The van der Waals surface area contributed by atoms with Gasteiger partial charge in [0, 0.05) is 51.4 Å². The molecule has 0 aromatic heterocycles. The van der Waals surface area contributed by atoms with Crippen LogP contribution in [0.1, 0.15) is 54.9 Å². The van der Waals surface area contributed by atoms with Gasteiger partial charge in [-0.2, -0.15) is 4.31 Å². The SMILES string of the molecule is CCCCNC(=O)CN1CCN(C(=O)c2cc(S(=O)(=O)N3CCCCC3)ccc2C)CC1. The number of carbonyl (C=O) groups is 2. The fourth-order valence-corrected chi connectivity index (χ4v) is 5.73. The van der Waals surface area contributed by atoms with Crippen molar-refractivity contribution in [2.75, 3.05) is 52.4 Å². The minimum atomic E-state index is -3.59. The molecule has 8 nitrogen and oxygen atoms in total. The molecule has 178 valence electrons. The van der Waals surface area contributed by atoms with Gasteiger partial charge in [-0.25, -0.2) is 8.42 Å². The second-order valence-corrected chi connectivity index (χ2v) is 10.7. The number of carbonyl (C=O) groups excluding carboxylic acids is 2. The first-order valence-electron chi connectivity index (χ1n) is 11.7. The Morgan fingerprint density at radius 2 is 1.69 bits per heavy atom. The summed E-state index contributed by atoms with van der Waals surface area (Å²) in [7, 11) is -3.59. The number of nitrogens with one attached hydrogen (secondary N) is 1. The van der Waals surface area contributed by atoms with Crippen LogP contribution in [0.3, 0.4) is 0 Å². The maximum Gasteiger partial charge on any atom is 0.254 e. The monoisotopic (exact) mass is 464 g/mol. The van der Waals surface area contributed by atoms with Crippen LogP contribution >= 0.6 is 0 Å². The Morgan fingerprint density at radius 1 is 1.00 bits per heavy atom. The van der Waals surface area contributed by atoms with E-state index in [9.17, 15) is 18.0 Å². The molecule has 0 unspecified atom stereocenters. The van der Waals surface area contributed by atoms with E-state index < -0.39 is 10.0 Å². The van der Waals surface area contributed by atoms with E-state index in [2.05, 4.69) is 17.1 Å². The second kappa shape index (κ2) is 11.2. The van der Waals surface area contributed by atoms with E-state index in [4.69, 9.17) is 0 Å². The average molecular weight is 465 g/mol. The van der Waals surface area contributed by atoms with Crippen LogP contribution in [0.25, 0.3) is 0 Å². The topological polar surface area (TPSA) is 90.0 Å². The van der Waals surface area contributed by atoms with Gasteiger partial charge in [-0.3, -0.25) is 14.5 Å². The van der Waals surface area contributed by atoms with Crippen molar-refractivity contribution >= 4 is 21.8 Å². The Kier molecular flexibility index (Phi) is 8.67. The zero-order chi connectivity index (χ0) is 23.1. The molecule has 9 heteroatoms. The predicted octanol–water partition coefficient (Wildman–Crippen LogP) is 1.84. The van der Waals surface area contributed by atoms with E-state index in [1.54, 1.807) is 17.0 Å². The third-order valence-electron chi connectivity index (χ3n) is 6.27. The Labute approximate surface area is 192 Å². The number of hydrogen-bond acceptors (Lipinski definition) is 5. The molecule has 0 bridgehead atoms. The number of rotatable bonds is 8. The first kappa shape index (κ1) is 24.7. The summed E-state index contributed by atoms with van der Waals surface area (Å²) in [5.74, 6) is -0.130. The largest absolute Gasteiger partial charge is 0.355 e. The Balaban J connectivity index is 1.62. The van der Waals surface area contributed by atoms with Crippen LogP contribution < -0.4 is 5.32 Å². The highest BCUT2D eigenvalue weighted by atomic mass is 32.2. The van der Waals surface area contributed by atoms with Crippen molar-refractivity contribution < 1.29 is 18.0 Å². The Hall–Kier alpha value is -1.97. The molecule has 2 aliphatic heterocycles. The molecule has 2 aliphatic rings. The molecule has 0 spiro atoms. The number of nitrogens with zero attached hydrogens (tertiary/aromatic N) is 3. The molecular weight excluding hydrogens is 428 g/mol. The van der Waals surface area contributed by atoms with Gasteiger partial charge in [-0.1, -0.05) is 25.8 Å². The number of hydrogen-bond donors (Lipinski definition) is 1. The molecule has 0 aliphatic carbocycles. The standard InChI is InChI=1S/C23H36N4O4S/c1-3-4-10-24-22(28)18-25-13-15-26(16-14-25)23(29)21-17-20(9-8-19(21)2)32(30,31)27-11-6-5-7-12-27/h8-9,17H,3-7,10-16,18H2,1-2H3,(H,24,28). The average Bonchev–Trinajstić information content (AvgIpc) is 2.80. The van der Waals surface area contributed by atoms with Gasteiger partial charge in [0.1, 0.15) is 0 Å². The predicted molar refractivity (Wildman–Crippen MR) is 124 cm³/mol. The number of benzene rings is 1. The van der Waals surface area contributed by atoms with E-state index >= 15 is 0 Å². The highest BCUT2D eigenvalue weighted by Crippen LogP contribution is 2.24. The third-order valence-corrected chi connectivity index (χ3v) is 8.17. The van der Waals surface area contributed by atoms with Crippen LogP contribution in [0, 0.1) is 6.92 Å². The highest BCUT2D eigenvalue weighted by molar-refractivity contribution is 7.89. The molecule has 1 aromatic rings. The minimum absolute atomic E-state index is 0.0182. The van der Waals surface area contributed by atoms with E-state index in [1.807, 2.05) is 6.92 Å². The third kappa shape index (κ3) is 6.08. The molecule has 0 saturated carbocycles. The quantitative estimate of drug-likeness (QED) is 0.593. The molecule has 1 N–H and O–H groups in total. The van der Waals surface area contributed by atoms with Crippen LogP contribution in [0.2, 0.25) is 0 Å². The summed E-state index contributed by atoms with van der Waals surface area (Å²) in [6.45, 7) is 8.31. The molecule has 32 heavy (non-hydrogen) atoms. The molecule has 2 fully saturated rings. The maximum absolute atomic E-state index is 13.2. The van der Waals surface area contributed by atoms with Gasteiger partial charge in [0.05, 0.1) is 11.4 Å². The van der Waals surface area contributed by atoms with Crippen molar-refractivity contribution in [2.24, 2.45) is 0 Å². The molecule has 0 radical (unpaired) electrons. The first-order valence-corrected chi connectivity index (χ1v) is 13.2. The van der Waals surface area contributed by atoms with Crippen LogP contribution in [0.4, 0.5) is 0 Å². The maximum atomic E-state index is 13.2. The first-order chi connectivity index (χ1) is 15.3. The minimum Gasteiger partial charge on any atom is -0.355 e. The number of piperidine rings is 1. The summed E-state index contributed by atoms with van der Waals surface area (Å²) >= 11 is 0. The molecule has 2 saturated heterocycles. The zero-order valence-corrected chi connectivity index (χ0v) is 20.1. The lowest BCUT2D eigenvalue weighted by Gasteiger charge is -2.34. The van der Waals surface area contributed by atoms with Gasteiger partial charge in [0.15, 0.2) is 0 Å². The van der Waals surface area contributed by atoms with Gasteiger partial charge in [-0.05, 0) is 43.9 Å². The molecule has 3 rings (SSSR count). The highest BCUT2D eigenvalue weighted by Gasteiger charge is 2.29. The van der Waals surface area contributed by atoms with Crippen molar-refractivity contribution in [3.05, 3.63) is 29.3 Å². The summed E-state index contributed by atoms with van der Waals surface area (Å²) in [6.07, 6.45) is 4.81. The molecule has 2 heterocycles. The molecule has 0 atom stereocenters. The van der Waals surface area contributed by atoms with Gasteiger partial charge in [-0.15, -0.1) is 0 Å². The fourth-order valence-electron chi connectivity index (χ4n) is 4.19. The van der Waals surface area contributed by atoms with Crippen molar-refractivity contribution in [3.8, 4) is 0 Å². The number of unbranched alkanes of at least 4 members (excludes halogenated alkanes) is 1. The van der Waals surface area contributed by atoms with Crippen molar-refractivity contribution in [2.45, 2.75) is 50.8 Å². The normalized spacial score (nSPS) is 18.5. The lowest BCUT2D eigenvalue weighted by Crippen LogP contribution is -2.51. The van der Waals surface area contributed by atoms with Gasteiger partial charge in [0.25, 0.3) is 5.91 Å². The van der Waals surface area contributed by atoms with Crippen molar-refractivity contribution in [1.29, 1.82) is 0 Å². The van der Waals surface area contributed by atoms with Crippen LogP contribution in [0.5, 0.6) is 0 Å². The van der Waals surface area contributed by atoms with E-state index in [0.29, 0.717) is 57.9 Å². The molecule has 1 aromatic carbocycles. The zero-order valence-electron chi connectivity index (χ0n) is 19.3. The van der Waals surface area contributed by atoms with Crippen LogP contribution in [-0.4, -0.2) is 86.7 Å². The number of amides is 2. The van der Waals surface area contributed by atoms with Gasteiger partial charge >= 0.3 is 0 Å². The summed E-state index contributed by atoms with van der Waals surface area (Å²) < 4.78 is 27.6. The summed E-state index contributed by atoms with van der Waals surface area (Å²) in [5.41, 5.74) is 1.21. The van der Waals surface area contributed by atoms with Gasteiger partial charge in [0.2, 0.25) is 15.9 Å². The van der Waals surface area contributed by atoms with Crippen molar-refractivity contribution in [3.63, 3.8) is 0 Å². The molecular formula is C23H36N4O4S. The van der Waals surface area contributed by atoms with E-state index in [-0.39, 0.29) is 16.7 Å². The lowest BCUT2D eigenvalue weighted by molar-refractivity contribution is -0.122. The van der Waals surface area contributed by atoms with Crippen LogP contribution in [-0.2, 0) is 14.8 Å².